The number of hydrogen-bond donors (Lipinski definition) is 0. The molecule has 0 aliphatic heterocycles. The molecule has 0 N–H and O–H groups in total. The first-order chi connectivity index (χ1) is 6.68. The molecule has 4 heteroatoms. The van der Waals surface area contributed by atoms with E-state index < -0.39 is 0 Å². The lowest BCUT2D eigenvalue weighted by molar-refractivity contribution is 0.598. The van der Waals surface area contributed by atoms with Crippen LogP contribution in [0.15, 0.2) is 0 Å². The largest absolute Gasteiger partial charge is 0.139 e. The van der Waals surface area contributed by atoms with Gasteiger partial charge >= 0.3 is 0 Å². The molecule has 1 rings (SSSR count). The standard InChI is InChI=1S/C11H20B4/c1-5-7(12)6(11(2,3)4)9(14)10(15)8(5)13/h12-15H2,1-4H3. The fourth-order valence-electron chi connectivity index (χ4n) is 2.62. The molecule has 0 aliphatic rings. The van der Waals surface area contributed by atoms with Gasteiger partial charge in [0.2, 0.25) is 0 Å². The molecule has 0 spiro atoms. The molecular weight excluding hydrogens is 175 g/mol. The molecule has 0 radical (unpaired) electrons. The molecule has 0 fully saturated rings. The molecule has 0 bridgehead atoms. The van der Waals surface area contributed by atoms with Gasteiger partial charge in [0.05, 0.1) is 0 Å². The Labute approximate surface area is 97.9 Å². The van der Waals surface area contributed by atoms with Gasteiger partial charge in [-0.25, -0.2) is 0 Å². The molecule has 1 aromatic carbocycles. The Kier molecular flexibility index (Phi) is 3.19. The number of benzene rings is 1. The van der Waals surface area contributed by atoms with E-state index in [1.165, 1.54) is 33.0 Å². The monoisotopic (exact) mass is 196 g/mol. The minimum atomic E-state index is 0.247. The first kappa shape index (κ1) is 12.5. The number of rotatable bonds is 0. The molecule has 0 aromatic heterocycles. The predicted octanol–water partition coefficient (Wildman–Crippen LogP) is -3.67. The Bertz CT molecular complexity index is 373. The summed E-state index contributed by atoms with van der Waals surface area (Å²) >= 11 is 0. The van der Waals surface area contributed by atoms with Gasteiger partial charge < -0.3 is 0 Å². The van der Waals surface area contributed by atoms with Crippen molar-refractivity contribution in [3.05, 3.63) is 11.1 Å². The molecule has 0 saturated carbocycles. The average Bonchev–Trinajstić information content (AvgIpc) is 2.09. The van der Waals surface area contributed by atoms with Crippen molar-refractivity contribution in [3.8, 4) is 0 Å². The van der Waals surface area contributed by atoms with Crippen LogP contribution in [0.1, 0.15) is 31.9 Å². The second-order valence-electron chi connectivity index (χ2n) is 5.75. The maximum Gasteiger partial charge on any atom is 0.139 e. The lowest BCUT2D eigenvalue weighted by Crippen LogP contribution is -2.50. The minimum Gasteiger partial charge on any atom is -0.101 e. The Morgan fingerprint density at radius 2 is 1.20 bits per heavy atom. The van der Waals surface area contributed by atoms with Gasteiger partial charge in [0.1, 0.15) is 31.4 Å². The molecule has 0 nitrogen and oxygen atoms in total. The van der Waals surface area contributed by atoms with Gasteiger partial charge in [-0.1, -0.05) is 48.3 Å². The summed E-state index contributed by atoms with van der Waals surface area (Å²) in [5.41, 5.74) is 9.11. The first-order valence-electron chi connectivity index (χ1n) is 5.75. The van der Waals surface area contributed by atoms with E-state index in [-0.39, 0.29) is 5.41 Å². The van der Waals surface area contributed by atoms with Gasteiger partial charge in [-0.15, -0.1) is 5.46 Å². The molecule has 15 heavy (non-hydrogen) atoms. The van der Waals surface area contributed by atoms with Gasteiger partial charge in [0.25, 0.3) is 0 Å². The summed E-state index contributed by atoms with van der Waals surface area (Å²) in [6, 6.07) is 0. The van der Waals surface area contributed by atoms with Crippen LogP contribution in [0.25, 0.3) is 0 Å². The third kappa shape index (κ3) is 2.04. The van der Waals surface area contributed by atoms with Crippen LogP contribution in [-0.2, 0) is 5.41 Å². The van der Waals surface area contributed by atoms with Crippen LogP contribution < -0.4 is 21.9 Å². The van der Waals surface area contributed by atoms with Crippen LogP contribution in [0.3, 0.4) is 0 Å². The fourth-order valence-corrected chi connectivity index (χ4v) is 2.62. The second-order valence-corrected chi connectivity index (χ2v) is 5.75. The highest BCUT2D eigenvalue weighted by molar-refractivity contribution is 6.60. The van der Waals surface area contributed by atoms with Crippen molar-refractivity contribution in [1.82, 2.24) is 0 Å². The predicted molar refractivity (Wildman–Crippen MR) is 82.6 cm³/mol. The summed E-state index contributed by atoms with van der Waals surface area (Å²) in [5.74, 6) is 0. The van der Waals surface area contributed by atoms with E-state index in [0.717, 1.165) is 0 Å². The third-order valence-electron chi connectivity index (χ3n) is 3.75. The Morgan fingerprint density at radius 1 is 0.733 bits per heavy atom. The fraction of sp³-hybridized carbons (Fsp3) is 0.455. The van der Waals surface area contributed by atoms with Crippen molar-refractivity contribution in [1.29, 1.82) is 0 Å². The zero-order valence-corrected chi connectivity index (χ0v) is 11.5. The number of hydrogen-bond acceptors (Lipinski definition) is 0. The highest BCUT2D eigenvalue weighted by Gasteiger charge is 2.21. The van der Waals surface area contributed by atoms with E-state index in [9.17, 15) is 0 Å². The SMILES string of the molecule is Bc1c(B)c(C)c(B)c(C(C)(C)C)c1B. The molecule has 0 amide bonds. The molecule has 0 heterocycles. The molecule has 76 valence electrons. The maximum absolute atomic E-state index is 2.30. The second kappa shape index (κ2) is 3.81. The van der Waals surface area contributed by atoms with E-state index in [4.69, 9.17) is 0 Å². The summed E-state index contributed by atoms with van der Waals surface area (Å²) in [7, 11) is 8.99. The lowest BCUT2D eigenvalue weighted by Gasteiger charge is -2.29. The van der Waals surface area contributed by atoms with Crippen LogP contribution in [0.5, 0.6) is 0 Å². The molecule has 0 unspecified atom stereocenters. The van der Waals surface area contributed by atoms with Crippen LogP contribution >= 0.6 is 0 Å². The van der Waals surface area contributed by atoms with Gasteiger partial charge in [-0.2, -0.15) is 0 Å². The van der Waals surface area contributed by atoms with Crippen LogP contribution in [0, 0.1) is 6.92 Å². The van der Waals surface area contributed by atoms with E-state index in [0.29, 0.717) is 0 Å². The highest BCUT2D eigenvalue weighted by Crippen LogP contribution is 2.17. The topological polar surface area (TPSA) is 0 Å². The third-order valence-corrected chi connectivity index (χ3v) is 3.75. The van der Waals surface area contributed by atoms with Gasteiger partial charge in [-0.3, -0.25) is 0 Å². The smallest absolute Gasteiger partial charge is 0.101 e. The molecule has 0 aliphatic carbocycles. The van der Waals surface area contributed by atoms with Crippen molar-refractivity contribution < 1.29 is 0 Å². The quantitative estimate of drug-likeness (QED) is 0.374. The lowest BCUT2D eigenvalue weighted by atomic mass is 9.60. The Balaban J connectivity index is 3.68. The van der Waals surface area contributed by atoms with Crippen LogP contribution in [0.2, 0.25) is 0 Å². The van der Waals surface area contributed by atoms with Crippen molar-refractivity contribution >= 4 is 53.2 Å². The van der Waals surface area contributed by atoms with Crippen LogP contribution in [-0.4, -0.2) is 31.4 Å². The summed E-state index contributed by atoms with van der Waals surface area (Å²) in [6.45, 7) is 9.15. The Morgan fingerprint density at radius 3 is 1.60 bits per heavy atom. The molecular formula is C11H20B4. The normalized spacial score (nSPS) is 11.7. The minimum absolute atomic E-state index is 0.247. The summed E-state index contributed by atoms with van der Waals surface area (Å²) < 4.78 is 0. The van der Waals surface area contributed by atoms with E-state index in [1.807, 2.05) is 0 Å². The van der Waals surface area contributed by atoms with Crippen LogP contribution in [0.4, 0.5) is 0 Å². The van der Waals surface area contributed by atoms with Crippen molar-refractivity contribution in [2.45, 2.75) is 33.1 Å². The highest BCUT2D eigenvalue weighted by atomic mass is 14.2. The van der Waals surface area contributed by atoms with Gasteiger partial charge in [-0.05, 0) is 12.3 Å². The molecule has 0 atom stereocenters. The van der Waals surface area contributed by atoms with Crippen molar-refractivity contribution in [2.24, 2.45) is 0 Å². The molecule has 1 aromatic rings. The van der Waals surface area contributed by atoms with E-state index in [2.05, 4.69) is 59.1 Å². The average molecular weight is 196 g/mol. The summed E-state index contributed by atoms with van der Waals surface area (Å²) in [5, 5.41) is 0. The maximum atomic E-state index is 2.30. The van der Waals surface area contributed by atoms with Crippen molar-refractivity contribution in [2.75, 3.05) is 0 Å². The summed E-state index contributed by atoms with van der Waals surface area (Å²) in [6.07, 6.45) is 0. The zero-order valence-electron chi connectivity index (χ0n) is 11.5. The first-order valence-corrected chi connectivity index (χ1v) is 5.75. The van der Waals surface area contributed by atoms with Gasteiger partial charge in [0, 0.05) is 0 Å². The Hall–Kier alpha value is -0.520. The summed E-state index contributed by atoms with van der Waals surface area (Å²) in [4.78, 5) is 0. The molecule has 0 saturated heterocycles. The van der Waals surface area contributed by atoms with E-state index >= 15 is 0 Å². The zero-order chi connectivity index (χ0) is 12.0. The van der Waals surface area contributed by atoms with Gasteiger partial charge in [0.15, 0.2) is 0 Å². The van der Waals surface area contributed by atoms with E-state index in [1.54, 1.807) is 0 Å². The van der Waals surface area contributed by atoms with Crippen molar-refractivity contribution in [3.63, 3.8) is 0 Å².